The SMILES string of the molecule is BrCc1ccc(N2CCc3ccccc3CC2)cc1. The van der Waals surface area contributed by atoms with Gasteiger partial charge in [-0.25, -0.2) is 0 Å². The minimum atomic E-state index is 0.929. The second-order valence-electron chi connectivity index (χ2n) is 5.06. The zero-order chi connectivity index (χ0) is 13.1. The molecule has 0 amide bonds. The summed E-state index contributed by atoms with van der Waals surface area (Å²) in [5.74, 6) is 0. The van der Waals surface area contributed by atoms with Gasteiger partial charge < -0.3 is 4.90 Å². The van der Waals surface area contributed by atoms with E-state index in [1.54, 1.807) is 0 Å². The molecule has 2 aromatic rings. The number of nitrogens with zero attached hydrogens (tertiary/aromatic N) is 1. The van der Waals surface area contributed by atoms with Crippen LogP contribution in [0.2, 0.25) is 0 Å². The van der Waals surface area contributed by atoms with Crippen LogP contribution in [0.15, 0.2) is 48.5 Å². The van der Waals surface area contributed by atoms with Gasteiger partial charge >= 0.3 is 0 Å². The Balaban J connectivity index is 1.77. The normalized spacial score (nSPS) is 14.9. The molecule has 1 nitrogen and oxygen atoms in total. The maximum atomic E-state index is 3.50. The number of alkyl halides is 1. The Morgan fingerprint density at radius 1 is 0.842 bits per heavy atom. The lowest BCUT2D eigenvalue weighted by Gasteiger charge is -2.22. The average molecular weight is 316 g/mol. The minimum absolute atomic E-state index is 0.929. The summed E-state index contributed by atoms with van der Waals surface area (Å²) >= 11 is 3.50. The highest BCUT2D eigenvalue weighted by Crippen LogP contribution is 2.21. The van der Waals surface area contributed by atoms with Gasteiger partial charge in [-0.15, -0.1) is 0 Å². The van der Waals surface area contributed by atoms with Crippen molar-refractivity contribution in [2.24, 2.45) is 0 Å². The number of hydrogen-bond acceptors (Lipinski definition) is 1. The molecule has 0 fully saturated rings. The standard InChI is InChI=1S/C17H18BrN/c18-13-14-5-7-17(8-6-14)19-11-9-15-3-1-2-4-16(15)10-12-19/h1-8H,9-13H2. The van der Waals surface area contributed by atoms with E-state index in [2.05, 4.69) is 69.4 Å². The molecule has 0 atom stereocenters. The Labute approximate surface area is 123 Å². The molecule has 0 bridgehead atoms. The summed E-state index contributed by atoms with van der Waals surface area (Å²) in [6.07, 6.45) is 2.30. The van der Waals surface area contributed by atoms with Crippen LogP contribution in [0.3, 0.4) is 0 Å². The smallest absolute Gasteiger partial charge is 0.0366 e. The Kier molecular flexibility index (Phi) is 3.88. The first-order chi connectivity index (χ1) is 9.36. The number of benzene rings is 2. The fraction of sp³-hybridized carbons (Fsp3) is 0.294. The molecule has 1 aliphatic heterocycles. The molecule has 2 heteroatoms. The second kappa shape index (κ2) is 5.79. The molecule has 0 N–H and O–H groups in total. The molecule has 0 saturated carbocycles. The first kappa shape index (κ1) is 12.7. The van der Waals surface area contributed by atoms with E-state index in [0.29, 0.717) is 0 Å². The van der Waals surface area contributed by atoms with Crippen molar-refractivity contribution in [2.45, 2.75) is 18.2 Å². The van der Waals surface area contributed by atoms with Crippen molar-refractivity contribution in [3.05, 3.63) is 65.2 Å². The molecule has 1 aliphatic rings. The summed E-state index contributed by atoms with van der Waals surface area (Å²) in [5, 5.41) is 0.929. The summed E-state index contributed by atoms with van der Waals surface area (Å²) < 4.78 is 0. The van der Waals surface area contributed by atoms with Crippen LogP contribution in [-0.4, -0.2) is 13.1 Å². The molecule has 0 spiro atoms. The molecular weight excluding hydrogens is 298 g/mol. The maximum Gasteiger partial charge on any atom is 0.0366 e. The van der Waals surface area contributed by atoms with Gasteiger partial charge in [0.2, 0.25) is 0 Å². The van der Waals surface area contributed by atoms with Crippen LogP contribution >= 0.6 is 15.9 Å². The molecule has 98 valence electrons. The Hall–Kier alpha value is -1.28. The van der Waals surface area contributed by atoms with Gasteiger partial charge in [0.05, 0.1) is 0 Å². The van der Waals surface area contributed by atoms with Gasteiger partial charge in [0, 0.05) is 24.1 Å². The Morgan fingerprint density at radius 3 is 1.95 bits per heavy atom. The quantitative estimate of drug-likeness (QED) is 0.751. The predicted octanol–water partition coefficient (Wildman–Crippen LogP) is 4.19. The van der Waals surface area contributed by atoms with Gasteiger partial charge in [0.25, 0.3) is 0 Å². The van der Waals surface area contributed by atoms with Crippen molar-refractivity contribution in [1.29, 1.82) is 0 Å². The van der Waals surface area contributed by atoms with Crippen molar-refractivity contribution < 1.29 is 0 Å². The Morgan fingerprint density at radius 2 is 1.42 bits per heavy atom. The summed E-state index contributed by atoms with van der Waals surface area (Å²) in [6, 6.07) is 17.8. The molecule has 19 heavy (non-hydrogen) atoms. The van der Waals surface area contributed by atoms with Crippen LogP contribution in [0.1, 0.15) is 16.7 Å². The predicted molar refractivity (Wildman–Crippen MR) is 85.1 cm³/mol. The molecule has 0 aliphatic carbocycles. The number of fused-ring (bicyclic) bond motifs is 1. The lowest BCUT2D eigenvalue weighted by atomic mass is 10.0. The molecular formula is C17H18BrN. The van der Waals surface area contributed by atoms with Crippen molar-refractivity contribution in [3.8, 4) is 0 Å². The van der Waals surface area contributed by atoms with Crippen LogP contribution in [0, 0.1) is 0 Å². The van der Waals surface area contributed by atoms with Crippen LogP contribution in [0.4, 0.5) is 5.69 Å². The highest BCUT2D eigenvalue weighted by molar-refractivity contribution is 9.08. The first-order valence-electron chi connectivity index (χ1n) is 6.83. The minimum Gasteiger partial charge on any atom is -0.371 e. The van der Waals surface area contributed by atoms with Gasteiger partial charge in [-0.2, -0.15) is 0 Å². The van der Waals surface area contributed by atoms with Crippen molar-refractivity contribution in [3.63, 3.8) is 0 Å². The third-order valence-electron chi connectivity index (χ3n) is 3.88. The fourth-order valence-electron chi connectivity index (χ4n) is 2.72. The fourth-order valence-corrected chi connectivity index (χ4v) is 3.10. The van der Waals surface area contributed by atoms with Gasteiger partial charge in [-0.05, 0) is 41.7 Å². The molecule has 0 radical (unpaired) electrons. The number of anilines is 1. The lowest BCUT2D eigenvalue weighted by Crippen LogP contribution is -2.25. The van der Waals surface area contributed by atoms with Crippen molar-refractivity contribution >= 4 is 21.6 Å². The lowest BCUT2D eigenvalue weighted by molar-refractivity contribution is 0.805. The van der Waals surface area contributed by atoms with Gasteiger partial charge in [-0.1, -0.05) is 52.3 Å². The number of hydrogen-bond donors (Lipinski definition) is 0. The third kappa shape index (κ3) is 2.84. The van der Waals surface area contributed by atoms with E-state index < -0.39 is 0 Å². The highest BCUT2D eigenvalue weighted by atomic mass is 79.9. The molecule has 3 rings (SSSR count). The zero-order valence-electron chi connectivity index (χ0n) is 11.0. The van der Waals surface area contributed by atoms with Gasteiger partial charge in [-0.3, -0.25) is 0 Å². The summed E-state index contributed by atoms with van der Waals surface area (Å²) in [6.45, 7) is 2.23. The molecule has 0 aromatic heterocycles. The molecule has 0 unspecified atom stereocenters. The Bertz CT molecular complexity index is 520. The van der Waals surface area contributed by atoms with Crippen molar-refractivity contribution in [2.75, 3.05) is 18.0 Å². The largest absolute Gasteiger partial charge is 0.371 e. The second-order valence-corrected chi connectivity index (χ2v) is 5.62. The monoisotopic (exact) mass is 315 g/mol. The van der Waals surface area contributed by atoms with E-state index in [0.717, 1.165) is 31.3 Å². The number of rotatable bonds is 2. The van der Waals surface area contributed by atoms with E-state index in [-0.39, 0.29) is 0 Å². The van der Waals surface area contributed by atoms with E-state index in [9.17, 15) is 0 Å². The van der Waals surface area contributed by atoms with Crippen LogP contribution in [-0.2, 0) is 18.2 Å². The van der Waals surface area contributed by atoms with Gasteiger partial charge in [0.1, 0.15) is 0 Å². The summed E-state index contributed by atoms with van der Waals surface area (Å²) in [5.41, 5.74) is 5.71. The topological polar surface area (TPSA) is 3.24 Å². The summed E-state index contributed by atoms with van der Waals surface area (Å²) in [4.78, 5) is 2.50. The van der Waals surface area contributed by atoms with E-state index in [4.69, 9.17) is 0 Å². The first-order valence-corrected chi connectivity index (χ1v) is 7.95. The average Bonchev–Trinajstić information content (AvgIpc) is 2.70. The third-order valence-corrected chi connectivity index (χ3v) is 4.52. The van der Waals surface area contributed by atoms with E-state index in [1.165, 1.54) is 22.4 Å². The maximum absolute atomic E-state index is 3.50. The zero-order valence-corrected chi connectivity index (χ0v) is 12.6. The molecule has 2 aromatic carbocycles. The van der Waals surface area contributed by atoms with Crippen LogP contribution < -0.4 is 4.90 Å². The van der Waals surface area contributed by atoms with Gasteiger partial charge in [0.15, 0.2) is 0 Å². The molecule has 0 saturated heterocycles. The molecule has 1 heterocycles. The van der Waals surface area contributed by atoms with E-state index in [1.807, 2.05) is 0 Å². The summed E-state index contributed by atoms with van der Waals surface area (Å²) in [7, 11) is 0. The van der Waals surface area contributed by atoms with Crippen LogP contribution in [0.25, 0.3) is 0 Å². The van der Waals surface area contributed by atoms with Crippen LogP contribution in [0.5, 0.6) is 0 Å². The highest BCUT2D eigenvalue weighted by Gasteiger charge is 2.13. The van der Waals surface area contributed by atoms with Crippen molar-refractivity contribution in [1.82, 2.24) is 0 Å². The van der Waals surface area contributed by atoms with E-state index >= 15 is 0 Å². The number of halogens is 1.